The predicted octanol–water partition coefficient (Wildman–Crippen LogP) is 2.80. The third-order valence-corrected chi connectivity index (χ3v) is 4.10. The number of rotatable bonds is 1. The van der Waals surface area contributed by atoms with Crippen molar-refractivity contribution in [3.05, 3.63) is 42.0 Å². The number of hydrogen-bond donors (Lipinski definition) is 2. The Bertz CT molecular complexity index is 803. The van der Waals surface area contributed by atoms with Gasteiger partial charge in [0, 0.05) is 30.5 Å². The minimum Gasteiger partial charge on any atom is -0.398 e. The van der Waals surface area contributed by atoms with Crippen LogP contribution in [0.25, 0.3) is 22.2 Å². The molecule has 3 aromatic rings. The second-order valence-corrected chi connectivity index (χ2v) is 5.36. The van der Waals surface area contributed by atoms with Crippen LogP contribution in [0.2, 0.25) is 0 Å². The SMILES string of the molecule is CN1CCc2cc(-c3n[nH]c4cccc(N)c34)ccc21. The van der Waals surface area contributed by atoms with Gasteiger partial charge in [-0.25, -0.2) is 0 Å². The topological polar surface area (TPSA) is 57.9 Å². The molecule has 20 heavy (non-hydrogen) atoms. The normalized spacial score (nSPS) is 13.9. The third-order valence-electron chi connectivity index (χ3n) is 4.10. The number of likely N-dealkylation sites (N-methyl/N-ethyl adjacent to an activating group) is 1. The van der Waals surface area contributed by atoms with Crippen LogP contribution in [0.5, 0.6) is 0 Å². The maximum atomic E-state index is 6.11. The van der Waals surface area contributed by atoms with Crippen LogP contribution in [0.1, 0.15) is 5.56 Å². The van der Waals surface area contributed by atoms with Crippen molar-refractivity contribution in [2.75, 3.05) is 24.2 Å². The van der Waals surface area contributed by atoms with Crippen LogP contribution in [0.4, 0.5) is 11.4 Å². The number of nitrogens with one attached hydrogen (secondary N) is 1. The van der Waals surface area contributed by atoms with E-state index < -0.39 is 0 Å². The molecule has 0 unspecified atom stereocenters. The molecule has 0 amide bonds. The molecule has 0 bridgehead atoms. The van der Waals surface area contributed by atoms with Gasteiger partial charge in [-0.2, -0.15) is 5.10 Å². The second-order valence-electron chi connectivity index (χ2n) is 5.36. The Morgan fingerprint density at radius 1 is 1.25 bits per heavy atom. The lowest BCUT2D eigenvalue weighted by molar-refractivity contribution is 0.956. The van der Waals surface area contributed by atoms with E-state index in [1.165, 1.54) is 11.3 Å². The molecule has 2 heterocycles. The number of aromatic amines is 1. The molecular formula is C16H16N4. The van der Waals surface area contributed by atoms with E-state index in [4.69, 9.17) is 5.73 Å². The fourth-order valence-electron chi connectivity index (χ4n) is 3.02. The van der Waals surface area contributed by atoms with Crippen LogP contribution in [0.15, 0.2) is 36.4 Å². The van der Waals surface area contributed by atoms with Crippen molar-refractivity contribution in [3.8, 4) is 11.3 Å². The van der Waals surface area contributed by atoms with Gasteiger partial charge >= 0.3 is 0 Å². The summed E-state index contributed by atoms with van der Waals surface area (Å²) >= 11 is 0. The highest BCUT2D eigenvalue weighted by molar-refractivity contribution is 6.01. The Hall–Kier alpha value is -2.49. The maximum Gasteiger partial charge on any atom is 0.102 e. The number of benzene rings is 2. The first-order chi connectivity index (χ1) is 9.74. The zero-order valence-electron chi connectivity index (χ0n) is 11.4. The Labute approximate surface area is 117 Å². The number of aromatic nitrogens is 2. The van der Waals surface area contributed by atoms with Crippen molar-refractivity contribution in [1.29, 1.82) is 0 Å². The van der Waals surface area contributed by atoms with E-state index in [1.54, 1.807) is 0 Å². The highest BCUT2D eigenvalue weighted by Gasteiger charge is 2.18. The molecule has 0 saturated carbocycles. The van der Waals surface area contributed by atoms with Gasteiger partial charge in [-0.05, 0) is 36.2 Å². The summed E-state index contributed by atoms with van der Waals surface area (Å²) in [6.07, 6.45) is 1.09. The van der Waals surface area contributed by atoms with E-state index in [0.717, 1.165) is 40.8 Å². The van der Waals surface area contributed by atoms with Crippen molar-refractivity contribution in [1.82, 2.24) is 10.2 Å². The molecule has 0 aliphatic carbocycles. The van der Waals surface area contributed by atoms with Crippen LogP contribution in [0.3, 0.4) is 0 Å². The highest BCUT2D eigenvalue weighted by atomic mass is 15.1. The van der Waals surface area contributed by atoms with Crippen LogP contribution < -0.4 is 10.6 Å². The lowest BCUT2D eigenvalue weighted by Crippen LogP contribution is -2.12. The largest absolute Gasteiger partial charge is 0.398 e. The molecular weight excluding hydrogens is 248 g/mol. The molecule has 0 radical (unpaired) electrons. The van der Waals surface area contributed by atoms with Crippen molar-refractivity contribution in [2.45, 2.75) is 6.42 Å². The monoisotopic (exact) mass is 264 g/mol. The van der Waals surface area contributed by atoms with Gasteiger partial charge in [0.1, 0.15) is 5.69 Å². The number of nitrogen functional groups attached to an aromatic ring is 1. The van der Waals surface area contributed by atoms with Crippen LogP contribution >= 0.6 is 0 Å². The zero-order chi connectivity index (χ0) is 13.7. The van der Waals surface area contributed by atoms with Gasteiger partial charge < -0.3 is 10.6 Å². The molecule has 1 aliphatic heterocycles. The summed E-state index contributed by atoms with van der Waals surface area (Å²) in [5.41, 5.74) is 12.6. The number of fused-ring (bicyclic) bond motifs is 2. The highest BCUT2D eigenvalue weighted by Crippen LogP contribution is 2.35. The van der Waals surface area contributed by atoms with E-state index >= 15 is 0 Å². The number of anilines is 2. The summed E-state index contributed by atoms with van der Waals surface area (Å²) in [6, 6.07) is 12.4. The molecule has 3 N–H and O–H groups in total. The van der Waals surface area contributed by atoms with Crippen molar-refractivity contribution >= 4 is 22.3 Å². The fraction of sp³-hybridized carbons (Fsp3) is 0.188. The first-order valence-electron chi connectivity index (χ1n) is 6.81. The minimum atomic E-state index is 0.767. The van der Waals surface area contributed by atoms with Crippen molar-refractivity contribution in [3.63, 3.8) is 0 Å². The molecule has 0 atom stereocenters. The van der Waals surface area contributed by atoms with Gasteiger partial charge in [0.25, 0.3) is 0 Å². The van der Waals surface area contributed by atoms with Crippen LogP contribution in [0, 0.1) is 0 Å². The summed E-state index contributed by atoms with van der Waals surface area (Å²) in [5, 5.41) is 8.53. The van der Waals surface area contributed by atoms with E-state index in [9.17, 15) is 0 Å². The van der Waals surface area contributed by atoms with Crippen molar-refractivity contribution < 1.29 is 0 Å². The van der Waals surface area contributed by atoms with E-state index in [1.807, 2.05) is 18.2 Å². The average Bonchev–Trinajstić information content (AvgIpc) is 3.04. The van der Waals surface area contributed by atoms with Crippen LogP contribution in [-0.4, -0.2) is 23.8 Å². The van der Waals surface area contributed by atoms with Gasteiger partial charge in [-0.1, -0.05) is 12.1 Å². The molecule has 4 nitrogen and oxygen atoms in total. The Kier molecular flexibility index (Phi) is 2.27. The van der Waals surface area contributed by atoms with Gasteiger partial charge in [-0.3, -0.25) is 5.10 Å². The molecule has 2 aromatic carbocycles. The summed E-state index contributed by atoms with van der Waals surface area (Å²) in [5.74, 6) is 0. The molecule has 4 heteroatoms. The Morgan fingerprint density at radius 3 is 3.05 bits per heavy atom. The summed E-state index contributed by atoms with van der Waals surface area (Å²) < 4.78 is 0. The average molecular weight is 264 g/mol. The lowest BCUT2D eigenvalue weighted by Gasteiger charge is -2.11. The molecule has 4 rings (SSSR count). The smallest absolute Gasteiger partial charge is 0.102 e. The predicted molar refractivity (Wildman–Crippen MR) is 82.9 cm³/mol. The fourth-order valence-corrected chi connectivity index (χ4v) is 3.02. The Balaban J connectivity index is 1.92. The van der Waals surface area contributed by atoms with E-state index in [-0.39, 0.29) is 0 Å². The molecule has 0 fully saturated rings. The summed E-state index contributed by atoms with van der Waals surface area (Å²) in [4.78, 5) is 2.29. The molecule has 0 saturated heterocycles. The quantitative estimate of drug-likeness (QED) is 0.664. The van der Waals surface area contributed by atoms with Crippen molar-refractivity contribution in [2.24, 2.45) is 0 Å². The molecule has 100 valence electrons. The summed E-state index contributed by atoms with van der Waals surface area (Å²) in [7, 11) is 2.13. The Morgan fingerprint density at radius 2 is 2.15 bits per heavy atom. The molecule has 1 aromatic heterocycles. The lowest BCUT2D eigenvalue weighted by atomic mass is 10.0. The van der Waals surface area contributed by atoms with E-state index in [0.29, 0.717) is 0 Å². The number of H-pyrrole nitrogens is 1. The zero-order valence-corrected chi connectivity index (χ0v) is 11.4. The second kappa shape index (κ2) is 4.00. The third kappa shape index (κ3) is 1.51. The number of nitrogens with zero attached hydrogens (tertiary/aromatic N) is 2. The summed E-state index contributed by atoms with van der Waals surface area (Å²) in [6.45, 7) is 1.09. The van der Waals surface area contributed by atoms with Gasteiger partial charge in [0.15, 0.2) is 0 Å². The number of hydrogen-bond acceptors (Lipinski definition) is 3. The minimum absolute atomic E-state index is 0.767. The molecule has 1 aliphatic rings. The first-order valence-corrected chi connectivity index (χ1v) is 6.81. The standard InChI is InChI=1S/C16H16N4/c1-20-8-7-10-9-11(5-6-14(10)20)16-15-12(17)3-2-4-13(15)18-19-16/h2-6,9H,7-8,17H2,1H3,(H,18,19). The van der Waals surface area contributed by atoms with Crippen LogP contribution in [-0.2, 0) is 6.42 Å². The van der Waals surface area contributed by atoms with Gasteiger partial charge in [0.2, 0.25) is 0 Å². The van der Waals surface area contributed by atoms with E-state index in [2.05, 4.69) is 40.3 Å². The van der Waals surface area contributed by atoms with Gasteiger partial charge in [-0.15, -0.1) is 0 Å². The first kappa shape index (κ1) is 11.3. The maximum absolute atomic E-state index is 6.11. The molecule has 0 spiro atoms. The number of nitrogens with two attached hydrogens (primary N) is 1. The van der Waals surface area contributed by atoms with Gasteiger partial charge in [0.05, 0.1) is 10.9 Å².